The molecule has 0 spiro atoms. The van der Waals surface area contributed by atoms with Gasteiger partial charge >= 0.3 is 0 Å². The Kier molecular flexibility index (Phi) is 7.15. The Morgan fingerprint density at radius 3 is 2.13 bits per heavy atom. The Balaban J connectivity index is 1.40. The summed E-state index contributed by atoms with van der Waals surface area (Å²) in [6, 6.07) is 47.8. The van der Waals surface area contributed by atoms with E-state index in [4.69, 9.17) is 10.1 Å². The van der Waals surface area contributed by atoms with Crippen LogP contribution in [0.5, 0.6) is 0 Å². The van der Waals surface area contributed by atoms with Gasteiger partial charge in [-0.3, -0.25) is 4.98 Å². The average molecular weight is 685 g/mol. The number of benzene rings is 6. The zero-order valence-electron chi connectivity index (χ0n) is 28.8. The maximum Gasteiger partial charge on any atom is 0.0991 e. The van der Waals surface area contributed by atoms with Gasteiger partial charge < -0.3 is 0 Å². The zero-order chi connectivity index (χ0) is 34.8. The molecular weight excluding hydrogens is 653 g/mol. The summed E-state index contributed by atoms with van der Waals surface area (Å²) in [6.45, 7) is 4.53. The van der Waals surface area contributed by atoms with Gasteiger partial charge in [0.05, 0.1) is 17.6 Å². The lowest BCUT2D eigenvalue weighted by Gasteiger charge is -2.23. The average Bonchev–Trinajstić information content (AvgIpc) is 3.77. The number of fused-ring (bicyclic) bond motifs is 6. The summed E-state index contributed by atoms with van der Waals surface area (Å²) in [6.07, 6.45) is 4.68. The molecule has 0 N–H and O–H groups in total. The molecule has 0 aliphatic heterocycles. The second-order valence-electron chi connectivity index (χ2n) is 13.5. The van der Waals surface area contributed by atoms with Crippen LogP contribution in [0.25, 0.3) is 87.2 Å². The number of aromatic nitrogens is 4. The monoisotopic (exact) mass is 684 g/mol. The predicted molar refractivity (Wildman–Crippen MR) is 215 cm³/mol. The molecule has 0 amide bonds. The topological polar surface area (TPSA) is 51.6 Å². The highest BCUT2D eigenvalue weighted by atomic mass is 32.1. The number of hydrogen-bond acceptors (Lipinski definition) is 5. The van der Waals surface area contributed by atoms with Crippen LogP contribution in [0, 0.1) is 13.8 Å². The molecule has 3 heterocycles. The van der Waals surface area contributed by atoms with Crippen LogP contribution in [0.15, 0.2) is 146 Å². The molecule has 3 aromatic heterocycles. The van der Waals surface area contributed by atoms with Crippen molar-refractivity contribution in [2.75, 3.05) is 0 Å². The molecule has 9 aromatic rings. The molecule has 246 valence electrons. The predicted octanol–water partition coefficient (Wildman–Crippen LogP) is 12.2. The molecule has 0 bridgehead atoms. The molecule has 0 unspecified atom stereocenters. The molecule has 1 aliphatic carbocycles. The van der Waals surface area contributed by atoms with Crippen LogP contribution in [0.3, 0.4) is 0 Å². The van der Waals surface area contributed by atoms with Gasteiger partial charge in [0, 0.05) is 48.6 Å². The summed E-state index contributed by atoms with van der Waals surface area (Å²) in [7, 11) is 0. The lowest BCUT2D eigenvalue weighted by Crippen LogP contribution is -2.02. The van der Waals surface area contributed by atoms with Crippen LogP contribution in [-0.4, -0.2) is 20.4 Å². The standard InChI is InChI=1S/C47H32N4S/c1-28-25-36-33-18-10-9-17-32(33)26-37(36)42(29(28)2)35-21-22-41-44(34-19-11-12-20-40(34)52-41)45(35)47-46(39-23-24-49-51-50-39)43(31-15-7-4-8-16-31)38(27-48-47)30-13-5-3-6-14-30/h3-25,27H,26H2,1-2H3. The van der Waals surface area contributed by atoms with Crippen LogP contribution >= 0.6 is 11.3 Å². The molecule has 4 nitrogen and oxygen atoms in total. The van der Waals surface area contributed by atoms with Gasteiger partial charge in [0.1, 0.15) is 0 Å². The summed E-state index contributed by atoms with van der Waals surface area (Å²) in [5, 5.41) is 15.4. The SMILES string of the molecule is Cc1cc2c(c(-c3ccc4sc5ccccc5c4c3-c3ncc(-c4ccccc4)c(-c4ccccc4)c3-c3ccnnn3)c1C)Cc1ccccc1-2. The molecule has 0 saturated heterocycles. The fourth-order valence-corrected chi connectivity index (χ4v) is 9.34. The lowest BCUT2D eigenvalue weighted by molar-refractivity contribution is 0.870. The number of aryl methyl sites for hydroxylation is 1. The van der Waals surface area contributed by atoms with E-state index >= 15 is 0 Å². The van der Waals surface area contributed by atoms with Gasteiger partial charge in [-0.15, -0.1) is 21.5 Å². The Morgan fingerprint density at radius 2 is 1.33 bits per heavy atom. The minimum absolute atomic E-state index is 0.732. The van der Waals surface area contributed by atoms with Gasteiger partial charge in [-0.25, -0.2) is 0 Å². The fraction of sp³-hybridized carbons (Fsp3) is 0.0638. The Bertz CT molecular complexity index is 2830. The van der Waals surface area contributed by atoms with E-state index in [0.29, 0.717) is 0 Å². The van der Waals surface area contributed by atoms with E-state index in [2.05, 4.69) is 158 Å². The Hall–Kier alpha value is -6.30. The van der Waals surface area contributed by atoms with Crippen molar-refractivity contribution in [3.05, 3.63) is 168 Å². The normalized spacial score (nSPS) is 12.0. The highest BCUT2D eigenvalue weighted by Crippen LogP contribution is 2.53. The second kappa shape index (κ2) is 12.2. The number of rotatable bonds is 5. The first-order valence-electron chi connectivity index (χ1n) is 17.6. The lowest BCUT2D eigenvalue weighted by atomic mass is 9.82. The number of hydrogen-bond donors (Lipinski definition) is 0. The molecule has 10 rings (SSSR count). The third kappa shape index (κ3) is 4.74. The van der Waals surface area contributed by atoms with Crippen LogP contribution in [0.4, 0.5) is 0 Å². The van der Waals surface area contributed by atoms with E-state index in [1.807, 2.05) is 17.4 Å². The van der Waals surface area contributed by atoms with Crippen LogP contribution in [0.1, 0.15) is 22.3 Å². The van der Waals surface area contributed by atoms with Gasteiger partial charge in [0.25, 0.3) is 0 Å². The van der Waals surface area contributed by atoms with Crippen molar-refractivity contribution < 1.29 is 0 Å². The summed E-state index contributed by atoms with van der Waals surface area (Å²) in [5.74, 6) is 0. The summed E-state index contributed by atoms with van der Waals surface area (Å²) < 4.78 is 2.48. The van der Waals surface area contributed by atoms with Gasteiger partial charge in [0.15, 0.2) is 0 Å². The first kappa shape index (κ1) is 30.5. The number of pyridine rings is 1. The van der Waals surface area contributed by atoms with Crippen molar-refractivity contribution >= 4 is 31.5 Å². The van der Waals surface area contributed by atoms with E-state index in [9.17, 15) is 0 Å². The Labute approximate surface area is 306 Å². The molecule has 0 fully saturated rings. The maximum absolute atomic E-state index is 5.51. The molecule has 0 radical (unpaired) electrons. The minimum atomic E-state index is 0.732. The van der Waals surface area contributed by atoms with Gasteiger partial charge in [-0.1, -0.05) is 115 Å². The molecule has 0 saturated carbocycles. The molecule has 0 atom stereocenters. The van der Waals surface area contributed by atoms with Crippen LogP contribution in [0.2, 0.25) is 0 Å². The first-order valence-corrected chi connectivity index (χ1v) is 18.4. The van der Waals surface area contributed by atoms with E-state index < -0.39 is 0 Å². The molecule has 6 aromatic carbocycles. The molecule has 52 heavy (non-hydrogen) atoms. The molecule has 5 heteroatoms. The quantitative estimate of drug-likeness (QED) is 0.181. The van der Waals surface area contributed by atoms with Crippen molar-refractivity contribution in [3.8, 4) is 67.0 Å². The van der Waals surface area contributed by atoms with Crippen molar-refractivity contribution in [2.24, 2.45) is 0 Å². The smallest absolute Gasteiger partial charge is 0.0991 e. The van der Waals surface area contributed by atoms with E-state index in [1.54, 1.807) is 6.20 Å². The highest BCUT2D eigenvalue weighted by molar-refractivity contribution is 7.26. The van der Waals surface area contributed by atoms with E-state index in [-0.39, 0.29) is 0 Å². The van der Waals surface area contributed by atoms with Crippen molar-refractivity contribution in [2.45, 2.75) is 20.3 Å². The third-order valence-electron chi connectivity index (χ3n) is 10.7. The van der Waals surface area contributed by atoms with Crippen molar-refractivity contribution in [1.29, 1.82) is 0 Å². The van der Waals surface area contributed by atoms with E-state index in [1.165, 1.54) is 64.7 Å². The van der Waals surface area contributed by atoms with Crippen molar-refractivity contribution in [1.82, 2.24) is 20.4 Å². The minimum Gasteiger partial charge on any atom is -0.255 e. The fourth-order valence-electron chi connectivity index (χ4n) is 8.22. The molecule has 1 aliphatic rings. The summed E-state index contributed by atoms with van der Waals surface area (Å²) >= 11 is 1.83. The van der Waals surface area contributed by atoms with Gasteiger partial charge in [0.2, 0.25) is 0 Å². The second-order valence-corrected chi connectivity index (χ2v) is 14.6. The maximum atomic E-state index is 5.51. The third-order valence-corrected chi connectivity index (χ3v) is 11.8. The van der Waals surface area contributed by atoms with Gasteiger partial charge in [-0.05, 0) is 99.3 Å². The Morgan fingerprint density at radius 1 is 0.577 bits per heavy atom. The van der Waals surface area contributed by atoms with Crippen LogP contribution in [-0.2, 0) is 6.42 Å². The number of nitrogens with zero attached hydrogens (tertiary/aromatic N) is 4. The van der Waals surface area contributed by atoms with Crippen LogP contribution < -0.4 is 0 Å². The summed E-state index contributed by atoms with van der Waals surface area (Å²) in [4.78, 5) is 5.51. The van der Waals surface area contributed by atoms with E-state index in [0.717, 1.165) is 51.2 Å². The van der Waals surface area contributed by atoms with Gasteiger partial charge in [-0.2, -0.15) is 0 Å². The zero-order valence-corrected chi connectivity index (χ0v) is 29.6. The first-order chi connectivity index (χ1) is 25.7. The highest BCUT2D eigenvalue weighted by Gasteiger charge is 2.30. The van der Waals surface area contributed by atoms with Crippen molar-refractivity contribution in [3.63, 3.8) is 0 Å². The number of thiophene rings is 1. The largest absolute Gasteiger partial charge is 0.255 e. The molecular formula is C47H32N4S. The summed E-state index contributed by atoms with van der Waals surface area (Å²) in [5.41, 5.74) is 18.4.